The quantitative estimate of drug-likeness (QED) is 0.374. The number of aromatic nitrogens is 1. The van der Waals surface area contributed by atoms with Gasteiger partial charge in [0.1, 0.15) is 5.82 Å². The molecule has 144 valence electrons. The molecule has 1 aromatic heterocycles. The smallest absolute Gasteiger partial charge is 0.298 e. The number of halogens is 2. The molecular weight excluding hydrogens is 437 g/mol. The van der Waals surface area contributed by atoms with Crippen LogP contribution in [0.25, 0.3) is 10.9 Å². The van der Waals surface area contributed by atoms with E-state index >= 15 is 0 Å². The van der Waals surface area contributed by atoms with Crippen molar-refractivity contribution in [1.82, 2.24) is 4.57 Å². The lowest BCUT2D eigenvalue weighted by molar-refractivity contribution is 0.0991. The van der Waals surface area contributed by atoms with E-state index in [1.54, 1.807) is 16.7 Å². The summed E-state index contributed by atoms with van der Waals surface area (Å²) < 4.78 is 16.3. The Labute approximate surface area is 174 Å². The first-order valence-electron chi connectivity index (χ1n) is 8.80. The minimum Gasteiger partial charge on any atom is -0.493 e. The van der Waals surface area contributed by atoms with E-state index < -0.39 is 11.7 Å². The van der Waals surface area contributed by atoms with Gasteiger partial charge in [-0.15, -0.1) is 10.2 Å². The number of fused-ring (bicyclic) bond motifs is 1. The van der Waals surface area contributed by atoms with Crippen LogP contribution in [0.15, 0.2) is 87.5 Å². The van der Waals surface area contributed by atoms with E-state index in [0.29, 0.717) is 11.9 Å². The number of amides is 1. The Bertz CT molecular complexity index is 1240. The highest BCUT2D eigenvalue weighted by Crippen LogP contribution is 2.40. The maximum atomic E-state index is 13.8. The van der Waals surface area contributed by atoms with Crippen molar-refractivity contribution < 1.29 is 14.3 Å². The third-order valence-corrected chi connectivity index (χ3v) is 4.99. The van der Waals surface area contributed by atoms with Crippen LogP contribution in [-0.2, 0) is 6.54 Å². The van der Waals surface area contributed by atoms with Crippen molar-refractivity contribution in [2.75, 3.05) is 0 Å². The molecule has 0 spiro atoms. The molecule has 0 aliphatic rings. The molecular formula is C22H15BrFN3O2. The fraction of sp³-hybridized carbons (Fsp3) is 0.0455. The number of rotatable bonds is 4. The monoisotopic (exact) mass is 451 g/mol. The minimum absolute atomic E-state index is 0.118. The molecule has 0 bridgehead atoms. The van der Waals surface area contributed by atoms with Crippen LogP contribution in [0, 0.1) is 5.82 Å². The van der Waals surface area contributed by atoms with Crippen molar-refractivity contribution in [3.05, 3.63) is 94.2 Å². The van der Waals surface area contributed by atoms with E-state index in [9.17, 15) is 14.3 Å². The Morgan fingerprint density at radius 3 is 2.52 bits per heavy atom. The van der Waals surface area contributed by atoms with Crippen molar-refractivity contribution in [2.24, 2.45) is 10.2 Å². The third kappa shape index (κ3) is 3.82. The van der Waals surface area contributed by atoms with Gasteiger partial charge in [0.2, 0.25) is 5.88 Å². The molecule has 3 aromatic carbocycles. The predicted octanol–water partition coefficient (Wildman–Crippen LogP) is 6.22. The number of azo groups is 1. The molecule has 1 heterocycles. The number of benzene rings is 3. The Hall–Kier alpha value is -3.32. The van der Waals surface area contributed by atoms with Gasteiger partial charge in [-0.2, -0.15) is 0 Å². The molecule has 0 atom stereocenters. The molecule has 7 heteroatoms. The summed E-state index contributed by atoms with van der Waals surface area (Å²) in [6, 6.07) is 20.7. The summed E-state index contributed by atoms with van der Waals surface area (Å²) in [6.45, 7) is 0.418. The SMILES string of the molecule is O=C(N=Nc1c(O)n(Cc2ccccc2)c2ccc(Br)cc12)c1ccccc1F. The van der Waals surface area contributed by atoms with Crippen LogP contribution in [0.2, 0.25) is 0 Å². The van der Waals surface area contributed by atoms with Crippen molar-refractivity contribution >= 4 is 38.4 Å². The zero-order valence-electron chi connectivity index (χ0n) is 15.1. The second-order valence-electron chi connectivity index (χ2n) is 6.39. The predicted molar refractivity (Wildman–Crippen MR) is 112 cm³/mol. The van der Waals surface area contributed by atoms with Gasteiger partial charge in [0, 0.05) is 9.86 Å². The van der Waals surface area contributed by atoms with Crippen molar-refractivity contribution in [3.8, 4) is 5.88 Å². The number of hydrogen-bond donors (Lipinski definition) is 1. The van der Waals surface area contributed by atoms with E-state index in [1.807, 2.05) is 42.5 Å². The topological polar surface area (TPSA) is 66.9 Å². The minimum atomic E-state index is -0.818. The second kappa shape index (κ2) is 7.97. The Morgan fingerprint density at radius 2 is 1.76 bits per heavy atom. The summed E-state index contributed by atoms with van der Waals surface area (Å²) in [7, 11) is 0. The van der Waals surface area contributed by atoms with Crippen molar-refractivity contribution in [1.29, 1.82) is 0 Å². The molecule has 0 radical (unpaired) electrons. The van der Waals surface area contributed by atoms with E-state index in [0.717, 1.165) is 15.6 Å². The first kappa shape index (κ1) is 19.0. The first-order valence-corrected chi connectivity index (χ1v) is 9.59. The van der Waals surface area contributed by atoms with Crippen LogP contribution in [0.3, 0.4) is 0 Å². The standard InChI is InChI=1S/C22H15BrFN3O2/c23-15-10-11-19-17(12-15)20(22(29)27(19)13-14-6-2-1-3-7-14)25-26-21(28)16-8-4-5-9-18(16)24/h1-12,29H,13H2. The molecule has 1 amide bonds. The number of nitrogens with zero attached hydrogens (tertiary/aromatic N) is 3. The van der Waals surface area contributed by atoms with Gasteiger partial charge in [-0.25, -0.2) is 4.39 Å². The van der Waals surface area contributed by atoms with Crippen molar-refractivity contribution in [3.63, 3.8) is 0 Å². The van der Waals surface area contributed by atoms with Gasteiger partial charge in [-0.3, -0.25) is 4.79 Å². The summed E-state index contributed by atoms with van der Waals surface area (Å²) in [5, 5.41) is 19.1. The maximum Gasteiger partial charge on any atom is 0.298 e. The second-order valence-corrected chi connectivity index (χ2v) is 7.31. The average molecular weight is 452 g/mol. The van der Waals surface area contributed by atoms with Crippen LogP contribution in [0.1, 0.15) is 15.9 Å². The van der Waals surface area contributed by atoms with Gasteiger partial charge >= 0.3 is 0 Å². The van der Waals surface area contributed by atoms with Crippen molar-refractivity contribution in [2.45, 2.75) is 6.54 Å². The Kier molecular flexibility index (Phi) is 5.22. The number of carbonyl (C=O) groups excluding carboxylic acids is 1. The van der Waals surface area contributed by atoms with E-state index in [-0.39, 0.29) is 17.1 Å². The molecule has 0 saturated carbocycles. The van der Waals surface area contributed by atoms with E-state index in [2.05, 4.69) is 26.2 Å². The normalized spacial score (nSPS) is 11.4. The lowest BCUT2D eigenvalue weighted by Gasteiger charge is -2.07. The summed E-state index contributed by atoms with van der Waals surface area (Å²) >= 11 is 3.41. The van der Waals surface area contributed by atoms with Gasteiger partial charge in [0.25, 0.3) is 5.91 Å². The summed E-state index contributed by atoms with van der Waals surface area (Å²) in [5.41, 5.74) is 1.71. The third-order valence-electron chi connectivity index (χ3n) is 4.50. The van der Waals surface area contributed by atoms with Crippen LogP contribution in [0.4, 0.5) is 10.1 Å². The highest BCUT2D eigenvalue weighted by atomic mass is 79.9. The fourth-order valence-corrected chi connectivity index (χ4v) is 3.47. The van der Waals surface area contributed by atoms with Gasteiger partial charge in [-0.1, -0.05) is 58.4 Å². The highest BCUT2D eigenvalue weighted by Gasteiger charge is 2.18. The molecule has 0 aliphatic carbocycles. The Balaban J connectivity index is 1.78. The number of hydrogen-bond acceptors (Lipinski definition) is 3. The van der Waals surface area contributed by atoms with E-state index in [1.165, 1.54) is 18.2 Å². The van der Waals surface area contributed by atoms with Crippen LogP contribution < -0.4 is 0 Å². The van der Waals surface area contributed by atoms with Gasteiger partial charge in [-0.05, 0) is 35.9 Å². The molecule has 0 fully saturated rings. The zero-order chi connectivity index (χ0) is 20.4. The highest BCUT2D eigenvalue weighted by molar-refractivity contribution is 9.10. The summed E-state index contributed by atoms with van der Waals surface area (Å²) in [4.78, 5) is 12.3. The maximum absolute atomic E-state index is 13.8. The molecule has 1 N–H and O–H groups in total. The average Bonchev–Trinajstić information content (AvgIpc) is 2.98. The fourth-order valence-electron chi connectivity index (χ4n) is 3.10. The van der Waals surface area contributed by atoms with Crippen LogP contribution in [0.5, 0.6) is 5.88 Å². The lowest BCUT2D eigenvalue weighted by Crippen LogP contribution is -1.98. The molecule has 5 nitrogen and oxygen atoms in total. The molecule has 0 unspecified atom stereocenters. The first-order chi connectivity index (χ1) is 14.0. The molecule has 0 saturated heterocycles. The van der Waals surface area contributed by atoms with Crippen LogP contribution >= 0.6 is 15.9 Å². The van der Waals surface area contributed by atoms with Gasteiger partial charge < -0.3 is 9.67 Å². The number of carbonyl (C=O) groups is 1. The summed E-state index contributed by atoms with van der Waals surface area (Å²) in [5.74, 6) is -1.61. The molecule has 4 rings (SSSR count). The van der Waals surface area contributed by atoms with Gasteiger partial charge in [0.05, 0.1) is 17.6 Å². The van der Waals surface area contributed by atoms with Crippen LogP contribution in [-0.4, -0.2) is 15.6 Å². The number of aromatic hydroxyl groups is 1. The molecule has 29 heavy (non-hydrogen) atoms. The molecule has 4 aromatic rings. The summed E-state index contributed by atoms with van der Waals surface area (Å²) in [6.07, 6.45) is 0. The Morgan fingerprint density at radius 1 is 1.03 bits per heavy atom. The largest absolute Gasteiger partial charge is 0.493 e. The van der Waals surface area contributed by atoms with E-state index in [4.69, 9.17) is 0 Å². The van der Waals surface area contributed by atoms with Gasteiger partial charge in [0.15, 0.2) is 5.69 Å². The zero-order valence-corrected chi connectivity index (χ0v) is 16.7. The molecule has 0 aliphatic heterocycles. The lowest BCUT2D eigenvalue weighted by atomic mass is 10.2.